The van der Waals surface area contributed by atoms with Crippen molar-refractivity contribution >= 4 is 16.9 Å². The zero-order valence-corrected chi connectivity index (χ0v) is 13.6. The average Bonchev–Trinajstić information content (AvgIpc) is 2.62. The van der Waals surface area contributed by atoms with Gasteiger partial charge in [-0.2, -0.15) is 0 Å². The summed E-state index contributed by atoms with van der Waals surface area (Å²) in [5.74, 6) is 1.54. The van der Waals surface area contributed by atoms with Crippen molar-refractivity contribution in [1.29, 1.82) is 0 Å². The van der Waals surface area contributed by atoms with Crippen LogP contribution in [0.3, 0.4) is 0 Å². The van der Waals surface area contributed by atoms with Crippen LogP contribution in [0.4, 0.5) is 5.82 Å². The van der Waals surface area contributed by atoms with Crippen LogP contribution in [-0.4, -0.2) is 39.1 Å². The molecular weight excluding hydrogens is 302 g/mol. The molecule has 1 saturated heterocycles. The zero-order valence-electron chi connectivity index (χ0n) is 13.6. The first-order valence-electron chi connectivity index (χ1n) is 8.20. The first-order chi connectivity index (χ1) is 11.8. The summed E-state index contributed by atoms with van der Waals surface area (Å²) in [6, 6.07) is 7.95. The smallest absolute Gasteiger partial charge is 0.232 e. The van der Waals surface area contributed by atoms with Gasteiger partial charge in [-0.25, -0.2) is 9.97 Å². The number of anilines is 1. The Morgan fingerprint density at radius 3 is 2.58 bits per heavy atom. The van der Waals surface area contributed by atoms with E-state index in [0.29, 0.717) is 5.88 Å². The van der Waals surface area contributed by atoms with E-state index in [1.54, 1.807) is 12.4 Å². The van der Waals surface area contributed by atoms with Gasteiger partial charge in [-0.15, -0.1) is 0 Å². The summed E-state index contributed by atoms with van der Waals surface area (Å²) in [6.45, 7) is 3.72. The number of aromatic nitrogens is 4. The Kier molecular flexibility index (Phi) is 3.94. The summed E-state index contributed by atoms with van der Waals surface area (Å²) in [7, 11) is 0. The van der Waals surface area contributed by atoms with Crippen LogP contribution < -0.4 is 9.64 Å². The van der Waals surface area contributed by atoms with E-state index in [-0.39, 0.29) is 6.10 Å². The third-order valence-electron chi connectivity index (χ3n) is 4.22. The lowest BCUT2D eigenvalue weighted by Crippen LogP contribution is -2.38. The van der Waals surface area contributed by atoms with E-state index in [9.17, 15) is 0 Å². The molecule has 6 nitrogen and oxygen atoms in total. The molecular formula is C18H19N5O. The number of ether oxygens (including phenoxy) is 1. The summed E-state index contributed by atoms with van der Waals surface area (Å²) >= 11 is 0. The van der Waals surface area contributed by atoms with Crippen LogP contribution in [-0.2, 0) is 0 Å². The third-order valence-corrected chi connectivity index (χ3v) is 4.22. The maximum Gasteiger partial charge on any atom is 0.232 e. The van der Waals surface area contributed by atoms with Crippen molar-refractivity contribution in [3.63, 3.8) is 0 Å². The highest BCUT2D eigenvalue weighted by Crippen LogP contribution is 2.22. The molecule has 0 atom stereocenters. The normalized spacial score (nSPS) is 15.6. The fourth-order valence-corrected chi connectivity index (χ4v) is 2.97. The number of piperidine rings is 1. The Labute approximate surface area is 140 Å². The lowest BCUT2D eigenvalue weighted by atomic mass is 10.1. The first-order valence-corrected chi connectivity index (χ1v) is 8.20. The number of hydrogen-bond donors (Lipinski definition) is 0. The van der Waals surface area contributed by atoms with Gasteiger partial charge in [0.2, 0.25) is 5.88 Å². The molecule has 0 aliphatic carbocycles. The van der Waals surface area contributed by atoms with Crippen LogP contribution in [0.2, 0.25) is 0 Å². The van der Waals surface area contributed by atoms with Gasteiger partial charge in [0.15, 0.2) is 0 Å². The van der Waals surface area contributed by atoms with Gasteiger partial charge in [0.05, 0.1) is 29.1 Å². The van der Waals surface area contributed by atoms with Crippen molar-refractivity contribution in [3.05, 3.63) is 48.5 Å². The number of nitrogens with zero attached hydrogens (tertiary/aromatic N) is 5. The maximum atomic E-state index is 5.95. The van der Waals surface area contributed by atoms with Gasteiger partial charge >= 0.3 is 0 Å². The van der Waals surface area contributed by atoms with Gasteiger partial charge in [-0.1, -0.05) is 12.1 Å². The second kappa shape index (κ2) is 6.39. The van der Waals surface area contributed by atoms with Gasteiger partial charge in [0.25, 0.3) is 0 Å². The van der Waals surface area contributed by atoms with E-state index in [2.05, 4.69) is 19.9 Å². The molecule has 4 rings (SSSR count). The van der Waals surface area contributed by atoms with E-state index >= 15 is 0 Å². The van der Waals surface area contributed by atoms with Gasteiger partial charge in [0, 0.05) is 32.1 Å². The number of fused-ring (bicyclic) bond motifs is 1. The molecule has 3 heterocycles. The molecule has 1 fully saturated rings. The fourth-order valence-electron chi connectivity index (χ4n) is 2.97. The van der Waals surface area contributed by atoms with Gasteiger partial charge in [0.1, 0.15) is 11.9 Å². The van der Waals surface area contributed by atoms with Crippen LogP contribution in [0.25, 0.3) is 11.0 Å². The van der Waals surface area contributed by atoms with E-state index in [1.165, 1.54) is 0 Å². The van der Waals surface area contributed by atoms with Crippen molar-refractivity contribution in [2.45, 2.75) is 25.9 Å². The average molecular weight is 321 g/mol. The number of benzene rings is 1. The van der Waals surface area contributed by atoms with E-state index in [0.717, 1.165) is 48.5 Å². The highest BCUT2D eigenvalue weighted by Gasteiger charge is 2.22. The van der Waals surface area contributed by atoms with Crippen LogP contribution >= 0.6 is 0 Å². The van der Waals surface area contributed by atoms with Crippen LogP contribution in [0.1, 0.15) is 18.5 Å². The summed E-state index contributed by atoms with van der Waals surface area (Å²) in [5.41, 5.74) is 2.73. The quantitative estimate of drug-likeness (QED) is 0.739. The Hall–Kier alpha value is -2.76. The molecule has 0 saturated carbocycles. The number of para-hydroxylation sites is 2. The summed E-state index contributed by atoms with van der Waals surface area (Å²) in [4.78, 5) is 20.0. The Morgan fingerprint density at radius 1 is 1.00 bits per heavy atom. The Balaban J connectivity index is 1.41. The number of rotatable bonds is 3. The minimum absolute atomic E-state index is 0.172. The molecule has 0 radical (unpaired) electrons. The number of aryl methyl sites for hydroxylation is 1. The summed E-state index contributed by atoms with van der Waals surface area (Å²) in [5, 5.41) is 0. The molecule has 1 aliphatic heterocycles. The standard InChI is InChI=1S/C18H19N5O/c1-13-10-19-12-18(21-13)24-14-6-8-23(9-7-14)17-11-20-15-4-2-3-5-16(15)22-17/h2-5,10-12,14H,6-9H2,1H3. The van der Waals surface area contributed by atoms with Crippen molar-refractivity contribution in [2.75, 3.05) is 18.0 Å². The molecule has 0 bridgehead atoms. The fraction of sp³-hybridized carbons (Fsp3) is 0.333. The van der Waals surface area contributed by atoms with Crippen molar-refractivity contribution in [1.82, 2.24) is 19.9 Å². The molecule has 6 heteroatoms. The van der Waals surface area contributed by atoms with E-state index < -0.39 is 0 Å². The SMILES string of the molecule is Cc1cncc(OC2CCN(c3cnc4ccccc4n3)CC2)n1. The lowest BCUT2D eigenvalue weighted by Gasteiger charge is -2.32. The van der Waals surface area contributed by atoms with E-state index in [4.69, 9.17) is 9.72 Å². The van der Waals surface area contributed by atoms with Gasteiger partial charge in [-0.3, -0.25) is 9.97 Å². The highest BCUT2D eigenvalue weighted by molar-refractivity contribution is 5.75. The predicted octanol–water partition coefficient (Wildman–Crippen LogP) is 2.78. The first kappa shape index (κ1) is 14.8. The molecule has 122 valence electrons. The molecule has 0 unspecified atom stereocenters. The summed E-state index contributed by atoms with van der Waals surface area (Å²) < 4.78 is 5.95. The van der Waals surface area contributed by atoms with Crippen molar-refractivity contribution in [2.24, 2.45) is 0 Å². The minimum Gasteiger partial charge on any atom is -0.473 e. The van der Waals surface area contributed by atoms with Crippen LogP contribution in [0.5, 0.6) is 5.88 Å². The molecule has 0 spiro atoms. The molecule has 3 aromatic rings. The molecule has 1 aromatic carbocycles. The molecule has 0 amide bonds. The minimum atomic E-state index is 0.172. The van der Waals surface area contributed by atoms with Gasteiger partial charge in [-0.05, 0) is 19.1 Å². The summed E-state index contributed by atoms with van der Waals surface area (Å²) in [6.07, 6.45) is 7.30. The highest BCUT2D eigenvalue weighted by atomic mass is 16.5. The molecule has 2 aromatic heterocycles. The Bertz CT molecular complexity index is 845. The van der Waals surface area contributed by atoms with Gasteiger partial charge < -0.3 is 9.64 Å². The number of hydrogen-bond acceptors (Lipinski definition) is 6. The third kappa shape index (κ3) is 3.13. The molecule has 1 aliphatic rings. The Morgan fingerprint density at radius 2 is 1.79 bits per heavy atom. The maximum absolute atomic E-state index is 5.95. The zero-order chi connectivity index (χ0) is 16.4. The lowest BCUT2D eigenvalue weighted by molar-refractivity contribution is 0.163. The largest absolute Gasteiger partial charge is 0.473 e. The van der Waals surface area contributed by atoms with E-state index in [1.807, 2.05) is 37.4 Å². The van der Waals surface area contributed by atoms with Crippen LogP contribution in [0, 0.1) is 6.92 Å². The molecule has 0 N–H and O–H groups in total. The topological polar surface area (TPSA) is 64.0 Å². The monoisotopic (exact) mass is 321 g/mol. The second-order valence-corrected chi connectivity index (χ2v) is 6.02. The van der Waals surface area contributed by atoms with Crippen LogP contribution in [0.15, 0.2) is 42.9 Å². The second-order valence-electron chi connectivity index (χ2n) is 6.02. The van der Waals surface area contributed by atoms with Crippen molar-refractivity contribution in [3.8, 4) is 5.88 Å². The van der Waals surface area contributed by atoms with Crippen molar-refractivity contribution < 1.29 is 4.74 Å². The molecule has 24 heavy (non-hydrogen) atoms. The predicted molar refractivity (Wildman–Crippen MR) is 92.2 cm³/mol.